The number of rotatable bonds is 12. The van der Waals surface area contributed by atoms with E-state index in [4.69, 9.17) is 25.8 Å². The molecule has 0 aromatic heterocycles. The highest BCUT2D eigenvalue weighted by molar-refractivity contribution is 7.92. The van der Waals surface area contributed by atoms with Crippen LogP contribution >= 0.6 is 11.6 Å². The normalized spacial score (nSPS) is 11.2. The Bertz CT molecular complexity index is 1310. The van der Waals surface area contributed by atoms with Crippen molar-refractivity contribution in [2.75, 3.05) is 24.6 Å². The van der Waals surface area contributed by atoms with Gasteiger partial charge in [0.2, 0.25) is 5.91 Å². The fraction of sp³-hybridized carbons (Fsp3) is 0.296. The van der Waals surface area contributed by atoms with Crippen LogP contribution in [0.15, 0.2) is 71.6 Å². The zero-order chi connectivity index (χ0) is 27.0. The van der Waals surface area contributed by atoms with Crippen molar-refractivity contribution in [1.82, 2.24) is 5.32 Å². The Labute approximate surface area is 223 Å². The first kappa shape index (κ1) is 28.1. The van der Waals surface area contributed by atoms with Crippen LogP contribution in [0.5, 0.6) is 17.2 Å². The standard InChI is InChI=1S/C27H31ClN2O6S/c1-5-35-24-9-7-6-8-23(24)30(37(32,33)22-13-11-21(28)12-14-22)18-27(31)29-17-20-10-15-25(36-19(2)3)26(16-20)34-4/h6-16,19H,5,17-18H2,1-4H3,(H,29,31). The predicted octanol–water partition coefficient (Wildman–Crippen LogP) is 5.05. The lowest BCUT2D eigenvalue weighted by Crippen LogP contribution is -2.40. The van der Waals surface area contributed by atoms with Gasteiger partial charge < -0.3 is 19.5 Å². The molecule has 0 aliphatic heterocycles. The van der Waals surface area contributed by atoms with Crippen molar-refractivity contribution < 1.29 is 27.4 Å². The number of methoxy groups -OCH3 is 1. The summed E-state index contributed by atoms with van der Waals surface area (Å²) in [5, 5.41) is 3.19. The molecule has 3 aromatic carbocycles. The van der Waals surface area contributed by atoms with Gasteiger partial charge in [-0.05, 0) is 74.9 Å². The van der Waals surface area contributed by atoms with E-state index in [0.29, 0.717) is 28.9 Å². The number of halogens is 1. The number of benzene rings is 3. The molecule has 37 heavy (non-hydrogen) atoms. The highest BCUT2D eigenvalue weighted by atomic mass is 35.5. The van der Waals surface area contributed by atoms with Gasteiger partial charge in [0.15, 0.2) is 11.5 Å². The van der Waals surface area contributed by atoms with Crippen LogP contribution in [0.2, 0.25) is 5.02 Å². The summed E-state index contributed by atoms with van der Waals surface area (Å²) >= 11 is 5.96. The number of anilines is 1. The van der Waals surface area contributed by atoms with Crippen molar-refractivity contribution in [3.8, 4) is 17.2 Å². The third-order valence-corrected chi connectivity index (χ3v) is 7.23. The first-order chi connectivity index (χ1) is 17.6. The summed E-state index contributed by atoms with van der Waals surface area (Å²) in [7, 11) is -2.58. The van der Waals surface area contributed by atoms with Gasteiger partial charge in [-0.25, -0.2) is 8.42 Å². The molecule has 8 nitrogen and oxygen atoms in total. The van der Waals surface area contributed by atoms with Gasteiger partial charge in [0.05, 0.1) is 30.4 Å². The van der Waals surface area contributed by atoms with Crippen LogP contribution in [-0.4, -0.2) is 40.7 Å². The van der Waals surface area contributed by atoms with Crippen LogP contribution < -0.4 is 23.8 Å². The molecule has 0 bridgehead atoms. The number of hydrogen-bond acceptors (Lipinski definition) is 6. The second-order valence-corrected chi connectivity index (χ2v) is 10.6. The average Bonchev–Trinajstić information content (AvgIpc) is 2.87. The smallest absolute Gasteiger partial charge is 0.264 e. The molecule has 0 saturated carbocycles. The van der Waals surface area contributed by atoms with Gasteiger partial charge in [0, 0.05) is 11.6 Å². The summed E-state index contributed by atoms with van der Waals surface area (Å²) < 4.78 is 45.1. The van der Waals surface area contributed by atoms with E-state index in [9.17, 15) is 13.2 Å². The molecule has 0 radical (unpaired) electrons. The van der Waals surface area contributed by atoms with Gasteiger partial charge in [0.1, 0.15) is 12.3 Å². The Morgan fingerprint density at radius 1 is 1.00 bits per heavy atom. The number of amides is 1. The van der Waals surface area contributed by atoms with Gasteiger partial charge in [-0.15, -0.1) is 0 Å². The molecule has 1 amide bonds. The van der Waals surface area contributed by atoms with E-state index in [1.807, 2.05) is 19.9 Å². The number of hydrogen-bond donors (Lipinski definition) is 1. The van der Waals surface area contributed by atoms with E-state index < -0.39 is 22.5 Å². The lowest BCUT2D eigenvalue weighted by Gasteiger charge is -2.26. The van der Waals surface area contributed by atoms with Crippen molar-refractivity contribution in [2.24, 2.45) is 0 Å². The van der Waals surface area contributed by atoms with Crippen LogP contribution in [0.4, 0.5) is 5.69 Å². The van der Waals surface area contributed by atoms with Gasteiger partial charge >= 0.3 is 0 Å². The molecule has 0 spiro atoms. The maximum atomic E-state index is 13.6. The van der Waals surface area contributed by atoms with Crippen LogP contribution in [-0.2, 0) is 21.4 Å². The van der Waals surface area contributed by atoms with Crippen molar-refractivity contribution in [3.63, 3.8) is 0 Å². The van der Waals surface area contributed by atoms with Gasteiger partial charge in [-0.2, -0.15) is 0 Å². The maximum Gasteiger partial charge on any atom is 0.264 e. The lowest BCUT2D eigenvalue weighted by molar-refractivity contribution is -0.119. The fourth-order valence-corrected chi connectivity index (χ4v) is 5.09. The summed E-state index contributed by atoms with van der Waals surface area (Å²) in [6.07, 6.45) is -0.0207. The molecule has 0 aliphatic carbocycles. The van der Waals surface area contributed by atoms with E-state index in [-0.39, 0.29) is 23.2 Å². The first-order valence-corrected chi connectivity index (χ1v) is 13.6. The van der Waals surface area contributed by atoms with Crippen molar-refractivity contribution in [1.29, 1.82) is 0 Å². The summed E-state index contributed by atoms with van der Waals surface area (Å²) in [4.78, 5) is 13.0. The number of ether oxygens (including phenoxy) is 3. The molecular formula is C27H31ClN2O6S. The Balaban J connectivity index is 1.86. The third-order valence-electron chi connectivity index (χ3n) is 5.20. The quantitative estimate of drug-likeness (QED) is 0.342. The zero-order valence-electron chi connectivity index (χ0n) is 21.2. The maximum absolute atomic E-state index is 13.6. The summed E-state index contributed by atoms with van der Waals surface area (Å²) in [5.74, 6) is 0.990. The summed E-state index contributed by atoms with van der Waals surface area (Å²) in [6.45, 7) is 5.67. The van der Waals surface area contributed by atoms with E-state index in [1.165, 1.54) is 24.3 Å². The van der Waals surface area contributed by atoms with E-state index in [1.54, 1.807) is 50.4 Å². The van der Waals surface area contributed by atoms with Crippen molar-refractivity contribution >= 4 is 33.2 Å². The molecule has 0 aliphatic rings. The molecule has 1 N–H and O–H groups in total. The minimum atomic E-state index is -4.12. The molecule has 3 rings (SSSR count). The van der Waals surface area contributed by atoms with Gasteiger partial charge in [0.25, 0.3) is 10.0 Å². The molecule has 0 saturated heterocycles. The van der Waals surface area contributed by atoms with E-state index in [2.05, 4.69) is 5.32 Å². The number of sulfonamides is 1. The van der Waals surface area contributed by atoms with Crippen molar-refractivity contribution in [2.45, 2.75) is 38.3 Å². The Kier molecular flexibility index (Phi) is 9.66. The number of nitrogens with one attached hydrogen (secondary N) is 1. The first-order valence-electron chi connectivity index (χ1n) is 11.8. The molecule has 0 heterocycles. The summed E-state index contributed by atoms with van der Waals surface area (Å²) in [6, 6.07) is 17.8. The molecule has 3 aromatic rings. The Morgan fingerprint density at radius 2 is 1.70 bits per heavy atom. The number of nitrogens with zero attached hydrogens (tertiary/aromatic N) is 1. The molecular weight excluding hydrogens is 516 g/mol. The zero-order valence-corrected chi connectivity index (χ0v) is 22.8. The fourth-order valence-electron chi connectivity index (χ4n) is 3.53. The topological polar surface area (TPSA) is 94.2 Å². The van der Waals surface area contributed by atoms with Crippen LogP contribution in [0, 0.1) is 0 Å². The highest BCUT2D eigenvalue weighted by Gasteiger charge is 2.29. The number of carbonyl (C=O) groups is 1. The third kappa shape index (κ3) is 7.30. The Morgan fingerprint density at radius 3 is 2.35 bits per heavy atom. The Hall–Kier alpha value is -3.43. The van der Waals surface area contributed by atoms with Gasteiger partial charge in [-0.1, -0.05) is 29.8 Å². The number of carbonyl (C=O) groups excluding carboxylic acids is 1. The predicted molar refractivity (Wildman–Crippen MR) is 144 cm³/mol. The summed E-state index contributed by atoms with van der Waals surface area (Å²) in [5.41, 5.74) is 1.02. The number of para-hydroxylation sites is 2. The average molecular weight is 547 g/mol. The largest absolute Gasteiger partial charge is 0.493 e. The van der Waals surface area contributed by atoms with E-state index in [0.717, 1.165) is 9.87 Å². The molecule has 198 valence electrons. The van der Waals surface area contributed by atoms with Crippen LogP contribution in [0.25, 0.3) is 0 Å². The molecule has 0 atom stereocenters. The van der Waals surface area contributed by atoms with Crippen molar-refractivity contribution in [3.05, 3.63) is 77.3 Å². The van der Waals surface area contributed by atoms with Crippen LogP contribution in [0.3, 0.4) is 0 Å². The SMILES string of the molecule is CCOc1ccccc1N(CC(=O)NCc1ccc(OC(C)C)c(OC)c1)S(=O)(=O)c1ccc(Cl)cc1. The second kappa shape index (κ2) is 12.7. The molecule has 10 heteroatoms. The second-order valence-electron chi connectivity index (χ2n) is 8.29. The molecule has 0 fully saturated rings. The molecule has 0 unspecified atom stereocenters. The lowest BCUT2D eigenvalue weighted by atomic mass is 10.2. The van der Waals surface area contributed by atoms with Gasteiger partial charge in [-0.3, -0.25) is 9.10 Å². The van der Waals surface area contributed by atoms with E-state index >= 15 is 0 Å². The monoisotopic (exact) mass is 546 g/mol. The minimum absolute atomic E-state index is 0.00137. The highest BCUT2D eigenvalue weighted by Crippen LogP contribution is 2.33. The van der Waals surface area contributed by atoms with Crippen LogP contribution in [0.1, 0.15) is 26.3 Å². The minimum Gasteiger partial charge on any atom is -0.493 e.